The van der Waals surface area contributed by atoms with Gasteiger partial charge in [-0.1, -0.05) is 11.6 Å². The van der Waals surface area contributed by atoms with Gasteiger partial charge >= 0.3 is 0 Å². The molecule has 17 heavy (non-hydrogen) atoms. The quantitative estimate of drug-likeness (QED) is 0.872. The molecule has 2 bridgehead atoms. The molecule has 0 saturated carbocycles. The summed E-state index contributed by atoms with van der Waals surface area (Å²) in [5.74, 6) is -0.0121. The Labute approximate surface area is 117 Å². The molecule has 2 fully saturated rings. The zero-order valence-electron chi connectivity index (χ0n) is 9.00. The third kappa shape index (κ3) is 2.26. The van der Waals surface area contributed by atoms with Crippen molar-refractivity contribution >= 4 is 44.8 Å². The number of hydrogen-bond acceptors (Lipinski definition) is 3. The van der Waals surface area contributed by atoms with Gasteiger partial charge in [0.05, 0.1) is 13.7 Å². The maximum atomic E-state index is 12.0. The Morgan fingerprint density at radius 3 is 2.94 bits per heavy atom. The van der Waals surface area contributed by atoms with Gasteiger partial charge in [-0.05, 0) is 41.3 Å². The molecule has 3 nitrogen and oxygen atoms in total. The van der Waals surface area contributed by atoms with Gasteiger partial charge in [0.15, 0.2) is 0 Å². The number of nitrogens with one attached hydrogen (secondary N) is 2. The van der Waals surface area contributed by atoms with Crippen molar-refractivity contribution < 1.29 is 4.79 Å². The Morgan fingerprint density at radius 2 is 2.41 bits per heavy atom. The molecule has 2 aliphatic heterocycles. The molecule has 6 heteroatoms. The minimum Gasteiger partial charge on any atom is -0.347 e. The summed E-state index contributed by atoms with van der Waals surface area (Å²) in [5.41, 5.74) is 0. The van der Waals surface area contributed by atoms with Crippen LogP contribution in [0.4, 0.5) is 0 Å². The first-order valence-corrected chi connectivity index (χ1v) is 7.64. The Balaban J connectivity index is 1.67. The lowest BCUT2D eigenvalue weighted by molar-refractivity contribution is 0.0935. The molecule has 0 spiro atoms. The maximum absolute atomic E-state index is 12.0. The summed E-state index contributed by atoms with van der Waals surface area (Å²) in [5, 5.41) is 7.20. The number of carbonyl (C=O) groups is 1. The summed E-state index contributed by atoms with van der Waals surface area (Å²) >= 11 is 10.6. The van der Waals surface area contributed by atoms with E-state index in [9.17, 15) is 4.79 Å². The number of halogens is 2. The van der Waals surface area contributed by atoms with Gasteiger partial charge in [-0.25, -0.2) is 0 Å². The maximum Gasteiger partial charge on any atom is 0.261 e. The Bertz CT molecular complexity index is 445. The third-order valence-corrected chi connectivity index (χ3v) is 5.96. The Kier molecular flexibility index (Phi) is 3.19. The summed E-state index contributed by atoms with van der Waals surface area (Å²) < 4.78 is 0.815. The average Bonchev–Trinajstić information content (AvgIpc) is 2.95. The van der Waals surface area contributed by atoms with E-state index < -0.39 is 0 Å². The molecule has 3 heterocycles. The van der Waals surface area contributed by atoms with E-state index in [-0.39, 0.29) is 11.9 Å². The van der Waals surface area contributed by atoms with Crippen molar-refractivity contribution in [1.82, 2.24) is 10.6 Å². The van der Waals surface area contributed by atoms with E-state index in [1.165, 1.54) is 24.2 Å². The average molecular weight is 336 g/mol. The van der Waals surface area contributed by atoms with Gasteiger partial charge in [-0.2, -0.15) is 0 Å². The molecular formula is C11H12BrClN2OS. The molecule has 2 saturated heterocycles. The van der Waals surface area contributed by atoms with Crippen LogP contribution in [0.5, 0.6) is 0 Å². The number of fused-ring (bicyclic) bond motifs is 2. The molecule has 0 unspecified atom stereocenters. The highest BCUT2D eigenvalue weighted by Gasteiger charge is 2.39. The van der Waals surface area contributed by atoms with Crippen LogP contribution in [0.1, 0.15) is 28.9 Å². The molecule has 3 rings (SSSR count). The molecule has 1 aromatic heterocycles. The zero-order valence-corrected chi connectivity index (χ0v) is 12.2. The van der Waals surface area contributed by atoms with E-state index in [0.29, 0.717) is 22.0 Å². The van der Waals surface area contributed by atoms with Crippen LogP contribution in [0.2, 0.25) is 5.02 Å². The molecule has 2 aliphatic rings. The van der Waals surface area contributed by atoms with E-state index in [1.54, 1.807) is 6.07 Å². The van der Waals surface area contributed by atoms with Crippen molar-refractivity contribution in [2.24, 2.45) is 0 Å². The van der Waals surface area contributed by atoms with Crippen molar-refractivity contribution in [3.8, 4) is 0 Å². The van der Waals surface area contributed by atoms with Gasteiger partial charge in [0.1, 0.15) is 0 Å². The minimum absolute atomic E-state index is 0.0121. The van der Waals surface area contributed by atoms with E-state index in [0.717, 1.165) is 10.2 Å². The summed E-state index contributed by atoms with van der Waals surface area (Å²) in [7, 11) is 0. The summed E-state index contributed by atoms with van der Waals surface area (Å²) in [6, 6.07) is 3.06. The molecular weight excluding hydrogens is 324 g/mol. The Morgan fingerprint density at radius 1 is 1.59 bits per heavy atom. The van der Waals surface area contributed by atoms with Crippen LogP contribution >= 0.6 is 38.9 Å². The number of hydrogen-bond donors (Lipinski definition) is 2. The van der Waals surface area contributed by atoms with E-state index in [2.05, 4.69) is 26.6 Å². The predicted molar refractivity (Wildman–Crippen MR) is 72.8 cm³/mol. The first-order valence-electron chi connectivity index (χ1n) is 5.65. The fourth-order valence-electron chi connectivity index (χ4n) is 2.68. The van der Waals surface area contributed by atoms with Gasteiger partial charge in [0.25, 0.3) is 5.91 Å². The highest BCUT2D eigenvalue weighted by Crippen LogP contribution is 2.33. The zero-order chi connectivity index (χ0) is 12.0. The second kappa shape index (κ2) is 4.53. The monoisotopic (exact) mass is 334 g/mol. The van der Waals surface area contributed by atoms with Crippen LogP contribution in [-0.2, 0) is 0 Å². The molecule has 3 atom stereocenters. The number of rotatable bonds is 2. The summed E-state index contributed by atoms with van der Waals surface area (Å²) in [6.45, 7) is 0. The van der Waals surface area contributed by atoms with Crippen molar-refractivity contribution in [3.05, 3.63) is 19.8 Å². The van der Waals surface area contributed by atoms with Crippen molar-refractivity contribution in [1.29, 1.82) is 0 Å². The van der Waals surface area contributed by atoms with Crippen molar-refractivity contribution in [3.63, 3.8) is 0 Å². The first kappa shape index (κ1) is 12.0. The van der Waals surface area contributed by atoms with Gasteiger partial charge in [-0.3, -0.25) is 4.79 Å². The lowest BCUT2D eigenvalue weighted by Crippen LogP contribution is -2.42. The third-order valence-electron chi connectivity index (χ3n) is 3.49. The second-order valence-electron chi connectivity index (χ2n) is 4.60. The van der Waals surface area contributed by atoms with Crippen LogP contribution in [0.3, 0.4) is 0 Å². The van der Waals surface area contributed by atoms with Crippen LogP contribution in [-0.4, -0.2) is 24.0 Å². The van der Waals surface area contributed by atoms with E-state index >= 15 is 0 Å². The number of carbonyl (C=O) groups excluding carboxylic acids is 1. The smallest absolute Gasteiger partial charge is 0.261 e. The molecule has 92 valence electrons. The normalized spacial score (nSPS) is 30.8. The standard InChI is InChI=1S/C11H12BrClN2OS/c12-10-6(13)4-9(17-10)11(16)15-8-3-5-1-2-7(8)14-5/h4-5,7-8,14H,1-3H2,(H,15,16)/t5-,7+,8-/m1/s1. The van der Waals surface area contributed by atoms with Crippen LogP contribution in [0.25, 0.3) is 0 Å². The molecule has 1 amide bonds. The van der Waals surface area contributed by atoms with Crippen molar-refractivity contribution in [2.45, 2.75) is 37.4 Å². The fourth-order valence-corrected chi connectivity index (χ4v) is 4.29. The lowest BCUT2D eigenvalue weighted by atomic mass is 9.95. The highest BCUT2D eigenvalue weighted by molar-refractivity contribution is 9.11. The van der Waals surface area contributed by atoms with Crippen LogP contribution < -0.4 is 10.6 Å². The fraction of sp³-hybridized carbons (Fsp3) is 0.545. The predicted octanol–water partition coefficient (Wildman–Crippen LogP) is 2.79. The van der Waals surface area contributed by atoms with Gasteiger partial charge in [0, 0.05) is 18.1 Å². The van der Waals surface area contributed by atoms with Gasteiger partial charge < -0.3 is 10.6 Å². The minimum atomic E-state index is -0.0121. The van der Waals surface area contributed by atoms with Crippen LogP contribution in [0.15, 0.2) is 9.85 Å². The topological polar surface area (TPSA) is 41.1 Å². The van der Waals surface area contributed by atoms with Gasteiger partial charge in [0.2, 0.25) is 0 Å². The molecule has 0 aromatic carbocycles. The lowest BCUT2D eigenvalue weighted by Gasteiger charge is -2.20. The number of amides is 1. The molecule has 2 N–H and O–H groups in total. The van der Waals surface area contributed by atoms with Crippen LogP contribution in [0, 0.1) is 0 Å². The molecule has 0 aliphatic carbocycles. The van der Waals surface area contributed by atoms with E-state index in [1.807, 2.05) is 0 Å². The molecule has 0 radical (unpaired) electrons. The first-order chi connectivity index (χ1) is 8.13. The number of thiophene rings is 1. The highest BCUT2D eigenvalue weighted by atomic mass is 79.9. The second-order valence-corrected chi connectivity index (χ2v) is 7.37. The molecule has 1 aromatic rings. The van der Waals surface area contributed by atoms with Crippen molar-refractivity contribution in [2.75, 3.05) is 0 Å². The largest absolute Gasteiger partial charge is 0.347 e. The van der Waals surface area contributed by atoms with E-state index in [4.69, 9.17) is 11.6 Å². The summed E-state index contributed by atoms with van der Waals surface area (Å²) in [4.78, 5) is 12.7. The Hall–Kier alpha value is -0.100. The van der Waals surface area contributed by atoms with Gasteiger partial charge in [-0.15, -0.1) is 11.3 Å². The summed E-state index contributed by atoms with van der Waals surface area (Å²) in [6.07, 6.45) is 3.47. The SMILES string of the molecule is O=C(N[C@@H]1C[C@H]2CC[C@@H]1N2)c1cc(Cl)c(Br)s1.